The molecule has 1 heterocycles. The Morgan fingerprint density at radius 2 is 1.44 bits per heavy atom. The van der Waals surface area contributed by atoms with Crippen LogP contribution in [-0.2, 0) is 20.4 Å². The summed E-state index contributed by atoms with van der Waals surface area (Å²) in [5, 5.41) is 11.6. The van der Waals surface area contributed by atoms with Crippen LogP contribution >= 0.6 is 0 Å². The van der Waals surface area contributed by atoms with Crippen molar-refractivity contribution < 1.29 is 28.3 Å². The summed E-state index contributed by atoms with van der Waals surface area (Å²) in [6, 6.07) is 21.1. The maximum Gasteiger partial charge on any atom is 0.314 e. The third kappa shape index (κ3) is 7.56. The highest BCUT2D eigenvalue weighted by atomic mass is 28.4. The monoisotopic (exact) mass is 629 g/mol. The lowest BCUT2D eigenvalue weighted by molar-refractivity contribution is -0.145. The van der Waals surface area contributed by atoms with Crippen LogP contribution in [0.25, 0.3) is 21.9 Å². The number of furan rings is 1. The van der Waals surface area contributed by atoms with Gasteiger partial charge in [0.2, 0.25) is 5.91 Å². The molecule has 1 aromatic heterocycles. The average molecular weight is 630 g/mol. The molecule has 4 rings (SSSR count). The third-order valence-electron chi connectivity index (χ3n) is 9.05. The Labute approximate surface area is 267 Å². The van der Waals surface area contributed by atoms with Gasteiger partial charge >= 0.3 is 5.97 Å². The summed E-state index contributed by atoms with van der Waals surface area (Å²) in [5.41, 5.74) is 3.67. The summed E-state index contributed by atoms with van der Waals surface area (Å²) in [6.07, 6.45) is 0.112. The molecule has 0 fully saturated rings. The van der Waals surface area contributed by atoms with Crippen LogP contribution in [0, 0.1) is 5.92 Å². The number of benzene rings is 3. The minimum absolute atomic E-state index is 0.0209. The fourth-order valence-corrected chi connectivity index (χ4v) is 6.97. The Morgan fingerprint density at radius 3 is 2.00 bits per heavy atom. The van der Waals surface area contributed by atoms with E-state index in [4.69, 9.17) is 8.84 Å². The number of Topliss-reactive ketones (excluding diaryl/α,β-unsaturated/α-hetero) is 1. The zero-order chi connectivity index (χ0) is 33.3. The fourth-order valence-electron chi connectivity index (χ4n) is 5.68. The maximum atomic E-state index is 13.6. The molecule has 7 nitrogen and oxygen atoms in total. The van der Waals surface area contributed by atoms with Crippen LogP contribution in [0.3, 0.4) is 0 Å². The van der Waals surface area contributed by atoms with Crippen LogP contribution in [0.5, 0.6) is 0 Å². The van der Waals surface area contributed by atoms with Gasteiger partial charge in [-0.1, -0.05) is 57.2 Å². The normalized spacial score (nSPS) is 13.8. The predicted molar refractivity (Wildman–Crippen MR) is 182 cm³/mol. The van der Waals surface area contributed by atoms with Crippen molar-refractivity contribution in [2.75, 3.05) is 0 Å². The molecule has 0 aliphatic heterocycles. The molecule has 0 aliphatic carbocycles. The molecule has 0 spiro atoms. The van der Waals surface area contributed by atoms with Gasteiger partial charge in [-0.15, -0.1) is 0 Å². The molecule has 1 amide bonds. The van der Waals surface area contributed by atoms with E-state index in [1.54, 1.807) is 23.1 Å². The topological polar surface area (TPSA) is 97.1 Å². The first-order chi connectivity index (χ1) is 21.0. The molecule has 2 unspecified atom stereocenters. The van der Waals surface area contributed by atoms with E-state index in [1.807, 2.05) is 58.0 Å². The molecular formula is C37H47NO6Si. The van der Waals surface area contributed by atoms with Crippen LogP contribution in [0.4, 0.5) is 0 Å². The lowest BCUT2D eigenvalue weighted by Crippen LogP contribution is -2.44. The van der Waals surface area contributed by atoms with Crippen LogP contribution in [0.2, 0.25) is 18.1 Å². The van der Waals surface area contributed by atoms with E-state index < -0.39 is 32.4 Å². The SMILES string of the molecule is CC(C)N(C(=O)CC(C(=O)O)C(=O)c1ccc2oc3ccc(C(Cc4ccccc4)O[Si](C)(C)C(C)(C)C)cc3c2c1)C(C)C. The van der Waals surface area contributed by atoms with Gasteiger partial charge in [-0.25, -0.2) is 0 Å². The number of hydrogen-bond donors (Lipinski definition) is 1. The number of carbonyl (C=O) groups excluding carboxylic acids is 2. The summed E-state index contributed by atoms with van der Waals surface area (Å²) in [6.45, 7) is 18.7. The number of aliphatic carboxylic acids is 1. The molecule has 0 aliphatic rings. The van der Waals surface area contributed by atoms with E-state index in [1.165, 1.54) is 5.56 Å². The second kappa shape index (κ2) is 13.3. The van der Waals surface area contributed by atoms with Gasteiger partial charge in [-0.3, -0.25) is 14.4 Å². The van der Waals surface area contributed by atoms with Gasteiger partial charge in [0.25, 0.3) is 0 Å². The summed E-state index contributed by atoms with van der Waals surface area (Å²) in [7, 11) is -2.15. The Kier molecular flexibility index (Phi) is 10.1. The first kappa shape index (κ1) is 34.1. The maximum absolute atomic E-state index is 13.6. The van der Waals surface area contributed by atoms with Gasteiger partial charge < -0.3 is 18.8 Å². The van der Waals surface area contributed by atoms with Gasteiger partial charge in [0.1, 0.15) is 17.1 Å². The number of rotatable bonds is 12. The summed E-state index contributed by atoms with van der Waals surface area (Å²) in [4.78, 5) is 40.6. The number of fused-ring (bicyclic) bond motifs is 3. The minimum atomic E-state index is -2.15. The predicted octanol–water partition coefficient (Wildman–Crippen LogP) is 8.81. The second-order valence-corrected chi connectivity index (χ2v) is 18.8. The minimum Gasteiger partial charge on any atom is -0.481 e. The second-order valence-electron chi connectivity index (χ2n) is 14.1. The van der Waals surface area contributed by atoms with Crippen molar-refractivity contribution in [3.05, 3.63) is 83.4 Å². The Balaban J connectivity index is 1.74. The van der Waals surface area contributed by atoms with Crippen molar-refractivity contribution in [1.29, 1.82) is 0 Å². The zero-order valence-electron chi connectivity index (χ0n) is 28.0. The zero-order valence-corrected chi connectivity index (χ0v) is 29.0. The number of nitrogens with zero attached hydrogens (tertiary/aromatic N) is 1. The van der Waals surface area contributed by atoms with Gasteiger partial charge in [-0.05, 0) is 87.3 Å². The number of amides is 1. The van der Waals surface area contributed by atoms with E-state index in [9.17, 15) is 19.5 Å². The highest BCUT2D eigenvalue weighted by Gasteiger charge is 2.39. The number of ketones is 1. The van der Waals surface area contributed by atoms with Crippen molar-refractivity contribution in [2.45, 2.75) is 97.6 Å². The summed E-state index contributed by atoms with van der Waals surface area (Å²) in [5.74, 6) is -3.76. The Morgan fingerprint density at radius 1 is 0.867 bits per heavy atom. The molecule has 240 valence electrons. The first-order valence-corrected chi connectivity index (χ1v) is 18.7. The van der Waals surface area contributed by atoms with Crippen LogP contribution < -0.4 is 0 Å². The molecule has 4 aromatic rings. The molecule has 3 aromatic carbocycles. The van der Waals surface area contributed by atoms with Gasteiger partial charge in [0.15, 0.2) is 14.1 Å². The lowest BCUT2D eigenvalue weighted by Gasteiger charge is -2.39. The highest BCUT2D eigenvalue weighted by molar-refractivity contribution is 6.74. The van der Waals surface area contributed by atoms with E-state index in [0.29, 0.717) is 23.0 Å². The molecule has 45 heavy (non-hydrogen) atoms. The molecule has 2 atom stereocenters. The Bertz CT molecular complexity index is 1670. The molecule has 8 heteroatoms. The largest absolute Gasteiger partial charge is 0.481 e. The van der Waals surface area contributed by atoms with E-state index in [2.05, 4.69) is 52.1 Å². The Hall–Kier alpha value is -3.75. The third-order valence-corrected chi connectivity index (χ3v) is 13.5. The van der Waals surface area contributed by atoms with Gasteiger partial charge in [0.05, 0.1) is 6.10 Å². The molecule has 0 bridgehead atoms. The number of carboxylic acids is 1. The summed E-state index contributed by atoms with van der Waals surface area (Å²) < 4.78 is 13.1. The van der Waals surface area contributed by atoms with Gasteiger partial charge in [-0.2, -0.15) is 0 Å². The smallest absolute Gasteiger partial charge is 0.314 e. The number of carbonyl (C=O) groups is 3. The summed E-state index contributed by atoms with van der Waals surface area (Å²) >= 11 is 0. The highest BCUT2D eigenvalue weighted by Crippen LogP contribution is 2.41. The number of hydrogen-bond acceptors (Lipinski definition) is 5. The van der Waals surface area contributed by atoms with Crippen LogP contribution in [0.1, 0.15) is 82.5 Å². The van der Waals surface area contributed by atoms with Crippen molar-refractivity contribution in [1.82, 2.24) is 4.90 Å². The van der Waals surface area contributed by atoms with Crippen molar-refractivity contribution in [2.24, 2.45) is 5.92 Å². The number of carboxylic acid groups (broad SMARTS) is 1. The van der Waals surface area contributed by atoms with E-state index in [0.717, 1.165) is 10.9 Å². The van der Waals surface area contributed by atoms with Crippen molar-refractivity contribution in [3.8, 4) is 0 Å². The molecular weight excluding hydrogens is 582 g/mol. The van der Waals surface area contributed by atoms with Crippen molar-refractivity contribution in [3.63, 3.8) is 0 Å². The molecule has 0 saturated carbocycles. The van der Waals surface area contributed by atoms with Crippen LogP contribution in [-0.4, -0.2) is 48.1 Å². The lowest BCUT2D eigenvalue weighted by atomic mass is 9.92. The van der Waals surface area contributed by atoms with Crippen molar-refractivity contribution >= 4 is 47.9 Å². The standard InChI is InChI=1S/C37H47NO6Si/c1-23(2)38(24(3)4)34(39)22-30(36(41)42)35(40)27-16-18-32-29(21-27)28-20-26(15-17-31(28)43-32)33(19-25-13-11-10-12-14-25)44-45(8,9)37(5,6)7/h10-18,20-21,23-24,30,33H,19,22H2,1-9H3,(H,41,42). The van der Waals surface area contributed by atoms with E-state index in [-0.39, 0.29) is 34.7 Å². The molecule has 0 radical (unpaired) electrons. The fraction of sp³-hybridized carbons (Fsp3) is 0.432. The molecule has 1 N–H and O–H groups in total. The molecule has 0 saturated heterocycles. The average Bonchev–Trinajstić information content (AvgIpc) is 3.31. The first-order valence-electron chi connectivity index (χ1n) is 15.8. The quantitative estimate of drug-likeness (QED) is 0.0956. The van der Waals surface area contributed by atoms with Crippen LogP contribution in [0.15, 0.2) is 71.1 Å². The van der Waals surface area contributed by atoms with Gasteiger partial charge in [0, 0.05) is 41.3 Å². The van der Waals surface area contributed by atoms with E-state index >= 15 is 0 Å².